The quantitative estimate of drug-likeness (QED) is 0.247. The van der Waals surface area contributed by atoms with Gasteiger partial charge in [0.25, 0.3) is 0 Å². The summed E-state index contributed by atoms with van der Waals surface area (Å²) in [5.74, 6) is 0. The fraction of sp³-hybridized carbons (Fsp3) is 0.444. The maximum atomic E-state index is 7.19. The van der Waals surface area contributed by atoms with Gasteiger partial charge in [0.15, 0.2) is 0 Å². The molecule has 0 fully saturated rings. The standard InChI is InChI=1S/C36H40Cl4N4/c1-9-17-18(10-2)30-24(16-8)32-20(12-4)22(14-6)34(43-32)28(40)36-26(38)25(37)35(44-36)27(39)33-21(13-5)19(11-3)31(42-33)23(15-7)29(17)41-30/h9-16H2,1-8H3. The molecule has 232 valence electrons. The number of aliphatic imine (C=N–C) groups is 4. The first-order valence-electron chi connectivity index (χ1n) is 16.0. The first-order chi connectivity index (χ1) is 21.2. The average molecular weight is 671 g/mol. The first-order valence-corrected chi connectivity index (χ1v) is 17.5. The van der Waals surface area contributed by atoms with Crippen molar-refractivity contribution in [2.75, 3.05) is 0 Å². The molecule has 0 atom stereocenters. The summed E-state index contributed by atoms with van der Waals surface area (Å²) in [5, 5.41) is 1.28. The number of hydrogen-bond donors (Lipinski definition) is 0. The van der Waals surface area contributed by atoms with Gasteiger partial charge in [-0.2, -0.15) is 0 Å². The number of allylic oxidation sites excluding steroid dienone is 12. The van der Waals surface area contributed by atoms with E-state index in [1.807, 2.05) is 0 Å². The Balaban J connectivity index is 2.01. The van der Waals surface area contributed by atoms with Crippen molar-refractivity contribution >= 4 is 69.3 Å². The van der Waals surface area contributed by atoms with E-state index < -0.39 is 0 Å². The maximum Gasteiger partial charge on any atom is 0.105 e. The van der Waals surface area contributed by atoms with Crippen molar-refractivity contribution in [1.82, 2.24) is 0 Å². The monoisotopic (exact) mass is 668 g/mol. The van der Waals surface area contributed by atoms with Gasteiger partial charge in [-0.3, -0.25) is 0 Å². The molecule has 0 unspecified atom stereocenters. The van der Waals surface area contributed by atoms with Gasteiger partial charge in [-0.15, -0.1) is 0 Å². The van der Waals surface area contributed by atoms with Crippen molar-refractivity contribution in [1.29, 1.82) is 0 Å². The lowest BCUT2D eigenvalue weighted by Crippen LogP contribution is -2.07. The molecule has 0 spiro atoms. The molecule has 0 aromatic rings. The fourth-order valence-electron chi connectivity index (χ4n) is 7.07. The highest BCUT2D eigenvalue weighted by Gasteiger charge is 2.37. The molecule has 0 saturated heterocycles. The van der Waals surface area contributed by atoms with E-state index in [4.69, 9.17) is 66.4 Å². The molecule has 0 N–H and O–H groups in total. The largest absolute Gasteiger partial charge is 0.248 e. The van der Waals surface area contributed by atoms with Crippen LogP contribution in [0.3, 0.4) is 0 Å². The molecule has 0 radical (unpaired) electrons. The van der Waals surface area contributed by atoms with Crippen molar-refractivity contribution in [3.05, 3.63) is 87.5 Å². The van der Waals surface area contributed by atoms with Crippen LogP contribution in [0.1, 0.15) is 107 Å². The molecule has 8 bridgehead atoms. The Morgan fingerprint density at radius 2 is 0.614 bits per heavy atom. The van der Waals surface area contributed by atoms with Gasteiger partial charge in [0, 0.05) is 11.1 Å². The van der Waals surface area contributed by atoms with E-state index in [1.54, 1.807) is 0 Å². The summed E-state index contributed by atoms with van der Waals surface area (Å²) in [6, 6.07) is 0. The molecule has 44 heavy (non-hydrogen) atoms. The summed E-state index contributed by atoms with van der Waals surface area (Å²) in [6.45, 7) is 17.4. The van der Waals surface area contributed by atoms with Gasteiger partial charge in [0.2, 0.25) is 0 Å². The van der Waals surface area contributed by atoms with Crippen LogP contribution in [0.4, 0.5) is 0 Å². The second-order valence-electron chi connectivity index (χ2n) is 11.1. The highest BCUT2D eigenvalue weighted by molar-refractivity contribution is 6.61. The summed E-state index contributed by atoms with van der Waals surface area (Å²) >= 11 is 28.1. The SMILES string of the molecule is CCC1=C(CC)C2=C(Cl)C3=NC(=C(Cl)C4=NC(=C(CC)C5=NC(=C(CC)C1=N2)C(CC)=C5CC)C(CC)=C4CC)C(Cl)=C3Cl. The molecule has 5 aliphatic rings. The molecule has 4 nitrogen and oxygen atoms in total. The number of rotatable bonds is 8. The van der Waals surface area contributed by atoms with E-state index in [0.717, 1.165) is 96.5 Å². The second kappa shape index (κ2) is 13.2. The van der Waals surface area contributed by atoms with Crippen LogP contribution >= 0.6 is 46.4 Å². The molecular formula is C36H40Cl4N4. The zero-order valence-electron chi connectivity index (χ0n) is 27.0. The third-order valence-electron chi connectivity index (χ3n) is 9.11. The summed E-state index contributed by atoms with van der Waals surface area (Å²) in [5.41, 5.74) is 15.6. The Morgan fingerprint density at radius 1 is 0.295 bits per heavy atom. The predicted molar refractivity (Wildman–Crippen MR) is 192 cm³/mol. The van der Waals surface area contributed by atoms with Crippen LogP contribution in [0.25, 0.3) is 0 Å². The van der Waals surface area contributed by atoms with Crippen molar-refractivity contribution in [2.24, 2.45) is 20.0 Å². The predicted octanol–water partition coefficient (Wildman–Crippen LogP) is 12.1. The third kappa shape index (κ3) is 4.96. The molecule has 5 aliphatic heterocycles. The van der Waals surface area contributed by atoms with Gasteiger partial charge in [0.1, 0.15) is 11.4 Å². The van der Waals surface area contributed by atoms with Crippen molar-refractivity contribution in [2.45, 2.75) is 107 Å². The molecule has 0 aromatic carbocycles. The van der Waals surface area contributed by atoms with Crippen LogP contribution in [0, 0.1) is 0 Å². The Bertz CT molecular complexity index is 1740. The maximum absolute atomic E-state index is 7.19. The Labute approximate surface area is 282 Å². The Morgan fingerprint density at radius 3 is 1.05 bits per heavy atom. The molecule has 0 aliphatic carbocycles. The van der Waals surface area contributed by atoms with E-state index in [9.17, 15) is 0 Å². The zero-order chi connectivity index (χ0) is 32.0. The third-order valence-corrected chi connectivity index (χ3v) is 10.7. The minimum Gasteiger partial charge on any atom is -0.248 e. The molecule has 5 rings (SSSR count). The highest BCUT2D eigenvalue weighted by Crippen LogP contribution is 2.47. The lowest BCUT2D eigenvalue weighted by Gasteiger charge is -2.14. The highest BCUT2D eigenvalue weighted by atomic mass is 35.5. The van der Waals surface area contributed by atoms with E-state index >= 15 is 0 Å². The second-order valence-corrected chi connectivity index (χ2v) is 12.7. The van der Waals surface area contributed by atoms with Crippen LogP contribution in [0.2, 0.25) is 0 Å². The van der Waals surface area contributed by atoms with Crippen LogP contribution in [-0.4, -0.2) is 22.8 Å². The van der Waals surface area contributed by atoms with Gasteiger partial charge >= 0.3 is 0 Å². The topological polar surface area (TPSA) is 49.4 Å². The van der Waals surface area contributed by atoms with Crippen LogP contribution in [0.5, 0.6) is 0 Å². The van der Waals surface area contributed by atoms with Gasteiger partial charge in [-0.25, -0.2) is 20.0 Å². The van der Waals surface area contributed by atoms with Crippen LogP contribution < -0.4 is 0 Å². The van der Waals surface area contributed by atoms with Crippen molar-refractivity contribution < 1.29 is 0 Å². The van der Waals surface area contributed by atoms with E-state index in [2.05, 4.69) is 55.4 Å². The summed E-state index contributed by atoms with van der Waals surface area (Å²) in [4.78, 5) is 20.9. The summed E-state index contributed by atoms with van der Waals surface area (Å²) in [6.07, 6.45) is 6.48. The Hall–Kier alpha value is -2.24. The van der Waals surface area contributed by atoms with Gasteiger partial charge in [-0.05, 0) is 84.8 Å². The van der Waals surface area contributed by atoms with Gasteiger partial charge < -0.3 is 0 Å². The first kappa shape index (κ1) is 33.1. The normalized spacial score (nSPS) is 20.8. The molecule has 5 heterocycles. The Kier molecular flexibility index (Phi) is 9.97. The zero-order valence-corrected chi connectivity index (χ0v) is 30.0. The fourth-order valence-corrected chi connectivity index (χ4v) is 8.21. The lowest BCUT2D eigenvalue weighted by atomic mass is 9.88. The van der Waals surface area contributed by atoms with Gasteiger partial charge in [0.05, 0.1) is 54.4 Å². The minimum absolute atomic E-state index is 0.266. The lowest BCUT2D eigenvalue weighted by molar-refractivity contribution is 1.02. The van der Waals surface area contributed by atoms with Crippen LogP contribution in [-0.2, 0) is 0 Å². The molecule has 0 saturated carbocycles. The number of halogens is 4. The smallest absolute Gasteiger partial charge is 0.105 e. The molecular weight excluding hydrogens is 630 g/mol. The summed E-state index contributed by atoms with van der Waals surface area (Å²) < 4.78 is 0. The number of nitrogens with zero attached hydrogens (tertiary/aromatic N) is 4. The molecule has 0 aromatic heterocycles. The van der Waals surface area contributed by atoms with Crippen LogP contribution in [0.15, 0.2) is 107 Å². The van der Waals surface area contributed by atoms with E-state index in [-0.39, 0.29) is 10.1 Å². The van der Waals surface area contributed by atoms with E-state index in [1.165, 1.54) is 22.3 Å². The summed E-state index contributed by atoms with van der Waals surface area (Å²) in [7, 11) is 0. The van der Waals surface area contributed by atoms with Gasteiger partial charge in [-0.1, -0.05) is 102 Å². The molecule has 8 heteroatoms. The van der Waals surface area contributed by atoms with Crippen molar-refractivity contribution in [3.63, 3.8) is 0 Å². The number of fused-ring (bicyclic) bond motifs is 4. The van der Waals surface area contributed by atoms with E-state index in [0.29, 0.717) is 32.9 Å². The minimum atomic E-state index is 0.266. The number of hydrogen-bond acceptors (Lipinski definition) is 4. The van der Waals surface area contributed by atoms with Crippen molar-refractivity contribution in [3.8, 4) is 0 Å². The molecule has 0 amide bonds. The average Bonchev–Trinajstić information content (AvgIpc) is 3.77.